The Morgan fingerprint density at radius 3 is 2.77 bits per heavy atom. The predicted molar refractivity (Wildman–Crippen MR) is 117 cm³/mol. The van der Waals surface area contributed by atoms with Crippen LogP contribution in [-0.4, -0.2) is 57.2 Å². The van der Waals surface area contributed by atoms with E-state index in [0.717, 1.165) is 5.56 Å². The summed E-state index contributed by atoms with van der Waals surface area (Å²) in [6.07, 6.45) is -0.152. The lowest BCUT2D eigenvalue weighted by Crippen LogP contribution is -2.44. The Morgan fingerprint density at radius 2 is 2.13 bits per heavy atom. The number of halogens is 1. The standard InChI is InChI=1S/C24H28FN3O3/c1-16-11-19(6-7-21(16)17(2)29)31-15-20-14-28(9-10-30-20)13-18-5-8-23(27(3)4)22(12-26)24(18)25/h5-8,11,20H,9-10,13-15H2,1-4H3. The number of hydrogen-bond donors (Lipinski definition) is 0. The smallest absolute Gasteiger partial charge is 0.160 e. The highest BCUT2D eigenvalue weighted by atomic mass is 19.1. The number of nitriles is 1. The van der Waals surface area contributed by atoms with Gasteiger partial charge in [0.1, 0.15) is 35.9 Å². The van der Waals surface area contributed by atoms with E-state index >= 15 is 0 Å². The average Bonchev–Trinajstić information content (AvgIpc) is 2.73. The zero-order valence-electron chi connectivity index (χ0n) is 18.4. The van der Waals surface area contributed by atoms with Crippen molar-refractivity contribution in [3.05, 3.63) is 58.4 Å². The third kappa shape index (κ3) is 5.40. The van der Waals surface area contributed by atoms with E-state index in [4.69, 9.17) is 9.47 Å². The molecule has 1 saturated heterocycles. The lowest BCUT2D eigenvalue weighted by Gasteiger charge is -2.33. The van der Waals surface area contributed by atoms with Gasteiger partial charge in [0.25, 0.3) is 0 Å². The number of aryl methyl sites for hydroxylation is 1. The molecule has 6 nitrogen and oxygen atoms in total. The monoisotopic (exact) mass is 425 g/mol. The summed E-state index contributed by atoms with van der Waals surface area (Å²) in [7, 11) is 3.58. The molecule has 1 aliphatic heterocycles. The maximum atomic E-state index is 14.9. The Hall–Kier alpha value is -2.95. The SMILES string of the molecule is CC(=O)c1ccc(OCC2CN(Cc3ccc(N(C)C)c(C#N)c3F)CCO2)cc1C. The summed E-state index contributed by atoms with van der Waals surface area (Å²) < 4.78 is 26.6. The molecule has 31 heavy (non-hydrogen) atoms. The van der Waals surface area contributed by atoms with Gasteiger partial charge in [0.05, 0.1) is 12.3 Å². The number of ether oxygens (including phenoxy) is 2. The van der Waals surface area contributed by atoms with Gasteiger partial charge in [-0.25, -0.2) is 4.39 Å². The molecule has 3 rings (SSSR count). The molecular weight excluding hydrogens is 397 g/mol. The molecular formula is C24H28FN3O3. The molecule has 0 aliphatic carbocycles. The van der Waals surface area contributed by atoms with Crippen molar-refractivity contribution in [2.45, 2.75) is 26.5 Å². The largest absolute Gasteiger partial charge is 0.491 e. The Labute approximate surface area is 182 Å². The van der Waals surface area contributed by atoms with E-state index in [0.29, 0.717) is 55.4 Å². The highest BCUT2D eigenvalue weighted by Gasteiger charge is 2.23. The highest BCUT2D eigenvalue weighted by Crippen LogP contribution is 2.25. The minimum absolute atomic E-state index is 0.0284. The van der Waals surface area contributed by atoms with Crippen LogP contribution in [0.5, 0.6) is 5.75 Å². The molecule has 7 heteroatoms. The van der Waals surface area contributed by atoms with Crippen molar-refractivity contribution in [2.24, 2.45) is 0 Å². The van der Waals surface area contributed by atoms with E-state index < -0.39 is 5.82 Å². The molecule has 0 spiro atoms. The summed E-state index contributed by atoms with van der Waals surface area (Å²) in [5.74, 6) is 0.252. The summed E-state index contributed by atoms with van der Waals surface area (Å²) in [4.78, 5) is 15.4. The number of ketones is 1. The van der Waals surface area contributed by atoms with Gasteiger partial charge < -0.3 is 14.4 Å². The molecule has 1 atom stereocenters. The maximum Gasteiger partial charge on any atom is 0.160 e. The maximum absolute atomic E-state index is 14.9. The van der Waals surface area contributed by atoms with E-state index in [1.807, 2.05) is 19.1 Å². The number of Topliss-reactive ketones (excluding diaryl/α,β-unsaturated/α-hetero) is 1. The van der Waals surface area contributed by atoms with Crippen LogP contribution in [0.1, 0.15) is 34.0 Å². The van der Waals surface area contributed by atoms with Crippen LogP contribution in [0, 0.1) is 24.1 Å². The van der Waals surface area contributed by atoms with Gasteiger partial charge in [-0.05, 0) is 43.7 Å². The van der Waals surface area contributed by atoms with Gasteiger partial charge in [0.2, 0.25) is 0 Å². The Bertz CT molecular complexity index is 1000. The average molecular weight is 426 g/mol. The number of nitrogens with zero attached hydrogens (tertiary/aromatic N) is 3. The fourth-order valence-corrected chi connectivity index (χ4v) is 3.79. The number of benzene rings is 2. The Morgan fingerprint density at radius 1 is 1.35 bits per heavy atom. The molecule has 0 amide bonds. The van der Waals surface area contributed by atoms with E-state index in [1.54, 1.807) is 50.2 Å². The fourth-order valence-electron chi connectivity index (χ4n) is 3.79. The molecule has 1 aliphatic rings. The third-order valence-corrected chi connectivity index (χ3v) is 5.42. The first-order valence-electron chi connectivity index (χ1n) is 10.3. The number of anilines is 1. The summed E-state index contributed by atoms with van der Waals surface area (Å²) in [5.41, 5.74) is 2.70. The number of morpholine rings is 1. The topological polar surface area (TPSA) is 65.8 Å². The lowest BCUT2D eigenvalue weighted by atomic mass is 10.1. The quantitative estimate of drug-likeness (QED) is 0.632. The number of carbonyl (C=O) groups is 1. The molecule has 2 aromatic rings. The molecule has 0 N–H and O–H groups in total. The number of carbonyl (C=O) groups excluding carboxylic acids is 1. The Kier molecular flexibility index (Phi) is 7.26. The van der Waals surface area contributed by atoms with Crippen LogP contribution < -0.4 is 9.64 Å². The van der Waals surface area contributed by atoms with Crippen LogP contribution in [-0.2, 0) is 11.3 Å². The summed E-state index contributed by atoms with van der Waals surface area (Å²) >= 11 is 0. The second-order valence-corrected chi connectivity index (χ2v) is 8.01. The van der Waals surface area contributed by atoms with Gasteiger partial charge in [-0.15, -0.1) is 0 Å². The van der Waals surface area contributed by atoms with Crippen molar-refractivity contribution in [1.82, 2.24) is 4.90 Å². The second kappa shape index (κ2) is 9.90. The van der Waals surface area contributed by atoms with Crippen LogP contribution in [0.15, 0.2) is 30.3 Å². The van der Waals surface area contributed by atoms with Crippen molar-refractivity contribution in [3.8, 4) is 11.8 Å². The molecule has 164 valence electrons. The first kappa shape index (κ1) is 22.7. The molecule has 1 fully saturated rings. The van der Waals surface area contributed by atoms with Crippen molar-refractivity contribution in [3.63, 3.8) is 0 Å². The number of rotatable bonds is 7. The summed E-state index contributed by atoms with van der Waals surface area (Å²) in [6, 6.07) is 10.9. The van der Waals surface area contributed by atoms with Crippen molar-refractivity contribution in [1.29, 1.82) is 5.26 Å². The van der Waals surface area contributed by atoms with Crippen LogP contribution in [0.2, 0.25) is 0 Å². The van der Waals surface area contributed by atoms with Gasteiger partial charge in [0.15, 0.2) is 5.78 Å². The molecule has 0 radical (unpaired) electrons. The number of hydrogen-bond acceptors (Lipinski definition) is 6. The summed E-state index contributed by atoms with van der Waals surface area (Å²) in [6.45, 7) is 6.00. The first-order chi connectivity index (χ1) is 14.8. The second-order valence-electron chi connectivity index (χ2n) is 8.01. The highest BCUT2D eigenvalue weighted by molar-refractivity contribution is 5.95. The van der Waals surface area contributed by atoms with Gasteiger partial charge in [-0.2, -0.15) is 5.26 Å². The molecule has 2 aromatic carbocycles. The zero-order valence-corrected chi connectivity index (χ0v) is 18.4. The molecule has 0 saturated carbocycles. The van der Waals surface area contributed by atoms with Crippen LogP contribution in [0.25, 0.3) is 0 Å². The van der Waals surface area contributed by atoms with E-state index in [1.165, 1.54) is 0 Å². The van der Waals surface area contributed by atoms with Crippen molar-refractivity contribution in [2.75, 3.05) is 45.3 Å². The van der Waals surface area contributed by atoms with Gasteiger partial charge >= 0.3 is 0 Å². The van der Waals surface area contributed by atoms with Gasteiger partial charge in [-0.1, -0.05) is 6.07 Å². The normalized spacial score (nSPS) is 16.6. The van der Waals surface area contributed by atoms with Crippen molar-refractivity contribution >= 4 is 11.5 Å². The minimum Gasteiger partial charge on any atom is -0.491 e. The molecule has 1 heterocycles. The van der Waals surface area contributed by atoms with Crippen LogP contribution in [0.4, 0.5) is 10.1 Å². The van der Waals surface area contributed by atoms with Crippen LogP contribution in [0.3, 0.4) is 0 Å². The Balaban J connectivity index is 1.62. The van der Waals surface area contributed by atoms with Gasteiger partial charge in [0, 0.05) is 44.9 Å². The molecule has 0 bridgehead atoms. The third-order valence-electron chi connectivity index (χ3n) is 5.42. The summed E-state index contributed by atoms with van der Waals surface area (Å²) in [5, 5.41) is 9.38. The minimum atomic E-state index is -0.464. The lowest BCUT2D eigenvalue weighted by molar-refractivity contribution is -0.0506. The van der Waals surface area contributed by atoms with E-state index in [9.17, 15) is 14.4 Å². The first-order valence-corrected chi connectivity index (χ1v) is 10.3. The van der Waals surface area contributed by atoms with Crippen LogP contribution >= 0.6 is 0 Å². The predicted octanol–water partition coefficient (Wildman–Crippen LogP) is 3.55. The van der Waals surface area contributed by atoms with Gasteiger partial charge in [-0.3, -0.25) is 9.69 Å². The van der Waals surface area contributed by atoms with Crippen molar-refractivity contribution < 1.29 is 18.7 Å². The van der Waals surface area contributed by atoms with E-state index in [-0.39, 0.29) is 17.5 Å². The molecule has 1 unspecified atom stereocenters. The molecule has 0 aromatic heterocycles. The fraction of sp³-hybridized carbons (Fsp3) is 0.417. The zero-order chi connectivity index (χ0) is 22.5. The van der Waals surface area contributed by atoms with E-state index in [2.05, 4.69) is 4.90 Å².